The minimum absolute atomic E-state index is 0.00343. The molecule has 0 heterocycles. The van der Waals surface area contributed by atoms with Gasteiger partial charge in [0.1, 0.15) is 5.75 Å². The Morgan fingerprint density at radius 1 is 0.976 bits per heavy atom. The number of nitrogens with zero attached hydrogens (tertiary/aromatic N) is 1. The van der Waals surface area contributed by atoms with Gasteiger partial charge < -0.3 is 9.64 Å². The van der Waals surface area contributed by atoms with Crippen LogP contribution in [0.5, 0.6) is 5.75 Å². The van der Waals surface area contributed by atoms with Crippen molar-refractivity contribution in [1.82, 2.24) is 4.72 Å². The Morgan fingerprint density at radius 2 is 1.66 bits per heavy atom. The van der Waals surface area contributed by atoms with Crippen molar-refractivity contribution in [3.63, 3.8) is 0 Å². The molecule has 0 aliphatic heterocycles. The number of anilines is 1. The highest BCUT2D eigenvalue weighted by Gasteiger charge is 2.50. The van der Waals surface area contributed by atoms with Gasteiger partial charge in [-0.25, -0.2) is 8.42 Å². The molecule has 7 nitrogen and oxygen atoms in total. The summed E-state index contributed by atoms with van der Waals surface area (Å²) >= 11 is 0. The van der Waals surface area contributed by atoms with E-state index in [0.717, 1.165) is 0 Å². The van der Waals surface area contributed by atoms with Crippen LogP contribution in [0.1, 0.15) is 51.4 Å². The molecule has 2 aliphatic rings. The number of unbranched alkanes of at least 4 members (excludes halogenated alkanes) is 2. The molecule has 2 aliphatic carbocycles. The first-order chi connectivity index (χ1) is 19.3. The smallest absolute Gasteiger partial charge is 0.391 e. The van der Waals surface area contributed by atoms with Crippen molar-refractivity contribution in [3.05, 3.63) is 48.5 Å². The van der Waals surface area contributed by atoms with Crippen LogP contribution in [0.2, 0.25) is 0 Å². The van der Waals surface area contributed by atoms with Crippen LogP contribution in [-0.2, 0) is 19.6 Å². The third-order valence-corrected chi connectivity index (χ3v) is 9.15. The summed E-state index contributed by atoms with van der Waals surface area (Å²) in [6, 6.07) is 12.8. The van der Waals surface area contributed by atoms with Gasteiger partial charge in [0.2, 0.25) is 21.8 Å². The lowest BCUT2D eigenvalue weighted by Gasteiger charge is -2.38. The normalized spacial score (nSPS) is 19.0. The number of halogens is 5. The van der Waals surface area contributed by atoms with Gasteiger partial charge >= 0.3 is 12.8 Å². The van der Waals surface area contributed by atoms with E-state index >= 15 is 0 Å². The van der Waals surface area contributed by atoms with E-state index in [2.05, 4.69) is 9.46 Å². The lowest BCUT2D eigenvalue weighted by molar-refractivity contribution is -0.204. The van der Waals surface area contributed by atoms with Gasteiger partial charge in [0, 0.05) is 24.6 Å². The van der Waals surface area contributed by atoms with Crippen LogP contribution >= 0.6 is 0 Å². The molecule has 2 saturated carbocycles. The van der Waals surface area contributed by atoms with Crippen molar-refractivity contribution >= 4 is 27.5 Å². The van der Waals surface area contributed by atoms with E-state index in [9.17, 15) is 40.0 Å². The number of carbonyl (C=O) groups excluding carboxylic acids is 2. The summed E-state index contributed by atoms with van der Waals surface area (Å²) in [5, 5.41) is -0.505. The van der Waals surface area contributed by atoms with Gasteiger partial charge in [0.05, 0.1) is 11.2 Å². The summed E-state index contributed by atoms with van der Waals surface area (Å²) in [4.78, 5) is 26.8. The van der Waals surface area contributed by atoms with E-state index in [4.69, 9.17) is 0 Å². The van der Waals surface area contributed by atoms with Crippen molar-refractivity contribution in [2.75, 3.05) is 11.4 Å². The highest BCUT2D eigenvalue weighted by atomic mass is 32.2. The molecule has 1 N–H and O–H groups in total. The molecular formula is C28H31F5N2O5S. The SMILES string of the molecule is O=C(CCCCCN(C(=O)C1CC(C(F)(F)F)C1)c1cccc(-c2ccc(OC(F)F)cc2)c1)NS(=O)(=O)C1CC1. The number of rotatable bonds is 13. The standard InChI is InChI=1S/C28H31F5N2O5S/c29-27(30)40-23-10-8-18(9-11-23)19-5-4-6-22(17-19)35(26(37)20-15-21(16-20)28(31,32)33)14-3-1-2-7-25(36)34-41(38,39)24-12-13-24/h4-6,8-11,17,20-21,24,27H,1-3,7,12-16H2,(H,34,36). The largest absolute Gasteiger partial charge is 0.435 e. The van der Waals surface area contributed by atoms with Crippen LogP contribution in [0.3, 0.4) is 0 Å². The van der Waals surface area contributed by atoms with Crippen molar-refractivity contribution in [1.29, 1.82) is 0 Å². The molecule has 4 rings (SSSR count). The first kappa shape index (κ1) is 30.7. The molecule has 2 aromatic carbocycles. The fourth-order valence-corrected chi connectivity index (χ4v) is 6.10. The first-order valence-electron chi connectivity index (χ1n) is 13.4. The number of nitrogens with one attached hydrogen (secondary N) is 1. The fraction of sp³-hybridized carbons (Fsp3) is 0.500. The minimum Gasteiger partial charge on any atom is -0.435 e. The molecule has 41 heavy (non-hydrogen) atoms. The molecule has 224 valence electrons. The second kappa shape index (κ2) is 12.7. The number of hydrogen-bond acceptors (Lipinski definition) is 5. The summed E-state index contributed by atoms with van der Waals surface area (Å²) in [6.07, 6.45) is -2.53. The van der Waals surface area contributed by atoms with Gasteiger partial charge in [0.15, 0.2) is 0 Å². The van der Waals surface area contributed by atoms with Gasteiger partial charge in [-0.3, -0.25) is 14.3 Å². The van der Waals surface area contributed by atoms with Crippen molar-refractivity contribution in [2.45, 2.75) is 69.4 Å². The summed E-state index contributed by atoms with van der Waals surface area (Å²) in [5.74, 6) is -3.30. The lowest BCUT2D eigenvalue weighted by Crippen LogP contribution is -2.46. The number of sulfonamides is 1. The minimum atomic E-state index is -4.35. The molecule has 0 unspecified atom stereocenters. The van der Waals surface area contributed by atoms with E-state index in [1.807, 2.05) is 0 Å². The van der Waals surface area contributed by atoms with Crippen LogP contribution in [0.4, 0.5) is 27.6 Å². The van der Waals surface area contributed by atoms with Gasteiger partial charge in [-0.05, 0) is 73.9 Å². The highest BCUT2D eigenvalue weighted by molar-refractivity contribution is 7.90. The van der Waals surface area contributed by atoms with Crippen LogP contribution < -0.4 is 14.4 Å². The van der Waals surface area contributed by atoms with Gasteiger partial charge in [-0.15, -0.1) is 0 Å². The van der Waals surface area contributed by atoms with Crippen LogP contribution in [0, 0.1) is 11.8 Å². The first-order valence-corrected chi connectivity index (χ1v) is 15.0. The molecule has 2 fully saturated rings. The zero-order valence-corrected chi connectivity index (χ0v) is 22.9. The van der Waals surface area contributed by atoms with Crippen LogP contribution in [-0.4, -0.2) is 44.8 Å². The van der Waals surface area contributed by atoms with Gasteiger partial charge in [0.25, 0.3) is 0 Å². The van der Waals surface area contributed by atoms with Gasteiger partial charge in [-0.2, -0.15) is 22.0 Å². The van der Waals surface area contributed by atoms with Crippen molar-refractivity contribution < 1.29 is 44.7 Å². The second-order valence-corrected chi connectivity index (χ2v) is 12.4. The molecular weight excluding hydrogens is 571 g/mol. The maximum atomic E-state index is 13.3. The zero-order valence-electron chi connectivity index (χ0n) is 22.1. The fourth-order valence-electron chi connectivity index (χ4n) is 4.76. The second-order valence-electron chi connectivity index (χ2n) is 10.4. The molecule has 2 aromatic rings. The predicted octanol–water partition coefficient (Wildman–Crippen LogP) is 6.05. The average Bonchev–Trinajstić information content (AvgIpc) is 3.71. The molecule has 0 aromatic heterocycles. The monoisotopic (exact) mass is 602 g/mol. The number of benzene rings is 2. The highest BCUT2D eigenvalue weighted by Crippen LogP contribution is 2.46. The zero-order chi connectivity index (χ0) is 29.8. The van der Waals surface area contributed by atoms with Crippen LogP contribution in [0.25, 0.3) is 11.1 Å². The van der Waals surface area contributed by atoms with E-state index in [0.29, 0.717) is 48.9 Å². The third kappa shape index (κ3) is 8.40. The number of ether oxygens (including phenoxy) is 1. The molecule has 13 heteroatoms. The summed E-state index contributed by atoms with van der Waals surface area (Å²) in [6.45, 7) is -2.77. The van der Waals surface area contributed by atoms with Gasteiger partial charge in [-0.1, -0.05) is 30.7 Å². The molecule has 2 amide bonds. The van der Waals surface area contributed by atoms with Crippen molar-refractivity contribution in [3.8, 4) is 16.9 Å². The van der Waals surface area contributed by atoms with E-state index in [1.54, 1.807) is 36.4 Å². The molecule has 0 atom stereocenters. The Kier molecular flexibility index (Phi) is 9.55. The molecule has 0 spiro atoms. The Hall–Kier alpha value is -3.22. The molecule has 0 radical (unpaired) electrons. The molecule has 0 saturated heterocycles. The Labute approximate surface area is 235 Å². The summed E-state index contributed by atoms with van der Waals surface area (Å²) in [5.41, 5.74) is 1.80. The number of alkyl halides is 5. The lowest BCUT2D eigenvalue weighted by atomic mass is 9.73. The van der Waals surface area contributed by atoms with E-state index in [1.165, 1.54) is 17.0 Å². The van der Waals surface area contributed by atoms with E-state index < -0.39 is 51.7 Å². The van der Waals surface area contributed by atoms with Crippen LogP contribution in [0.15, 0.2) is 48.5 Å². The number of amides is 2. The summed E-state index contributed by atoms with van der Waals surface area (Å²) < 4.78 is 94.4. The number of carbonyl (C=O) groups is 2. The Bertz CT molecular complexity index is 1320. The topological polar surface area (TPSA) is 92.8 Å². The van der Waals surface area contributed by atoms with E-state index in [-0.39, 0.29) is 31.6 Å². The van der Waals surface area contributed by atoms with Crippen molar-refractivity contribution in [2.24, 2.45) is 11.8 Å². The summed E-state index contributed by atoms with van der Waals surface area (Å²) in [7, 11) is -3.62. The molecule has 0 bridgehead atoms. The Morgan fingerprint density at radius 3 is 2.27 bits per heavy atom. The average molecular weight is 603 g/mol. The maximum absolute atomic E-state index is 13.3. The predicted molar refractivity (Wildman–Crippen MR) is 142 cm³/mol. The number of hydrogen-bond donors (Lipinski definition) is 1. The third-order valence-electron chi connectivity index (χ3n) is 7.29. The quantitative estimate of drug-likeness (QED) is 0.223. The Balaban J connectivity index is 1.40. The maximum Gasteiger partial charge on any atom is 0.391 e.